The van der Waals surface area contributed by atoms with Gasteiger partial charge in [0.05, 0.1) is 7.11 Å². The summed E-state index contributed by atoms with van der Waals surface area (Å²) in [5.74, 6) is 2.28. The molecule has 5 heteroatoms. The number of nitrogens with zero attached hydrogens (tertiary/aromatic N) is 3. The molecule has 5 nitrogen and oxygen atoms in total. The standard InChI is InChI=1S/C12H20N4O/c1-9-14-11(7-12(15-9)17-3)16(2)8-10-5-4-6-13-10/h7,10,13H,4-6,8H2,1-3H3. The SMILES string of the molecule is COc1cc(N(C)CC2CCCN2)nc(C)n1. The molecule has 0 radical (unpaired) electrons. The van der Waals surface area contributed by atoms with E-state index in [0.29, 0.717) is 11.9 Å². The molecule has 0 saturated carbocycles. The molecule has 2 rings (SSSR count). The van der Waals surface area contributed by atoms with Crippen molar-refractivity contribution < 1.29 is 4.74 Å². The van der Waals surface area contributed by atoms with Crippen molar-refractivity contribution in [3.05, 3.63) is 11.9 Å². The highest BCUT2D eigenvalue weighted by atomic mass is 16.5. The Balaban J connectivity index is 2.06. The molecule has 1 aromatic heterocycles. The van der Waals surface area contributed by atoms with Crippen molar-refractivity contribution in [2.75, 3.05) is 32.1 Å². The lowest BCUT2D eigenvalue weighted by atomic mass is 10.2. The van der Waals surface area contributed by atoms with Gasteiger partial charge >= 0.3 is 0 Å². The van der Waals surface area contributed by atoms with Gasteiger partial charge in [0.1, 0.15) is 11.6 Å². The van der Waals surface area contributed by atoms with E-state index in [1.165, 1.54) is 12.8 Å². The summed E-state index contributed by atoms with van der Waals surface area (Å²) in [5.41, 5.74) is 0. The Hall–Kier alpha value is -1.36. The molecular formula is C12H20N4O. The molecule has 94 valence electrons. The summed E-state index contributed by atoms with van der Waals surface area (Å²) < 4.78 is 5.16. The van der Waals surface area contributed by atoms with Gasteiger partial charge in [-0.1, -0.05) is 0 Å². The average Bonchev–Trinajstić information content (AvgIpc) is 2.81. The highest BCUT2D eigenvalue weighted by molar-refractivity contribution is 5.41. The Morgan fingerprint density at radius 2 is 2.35 bits per heavy atom. The molecule has 1 saturated heterocycles. The zero-order chi connectivity index (χ0) is 12.3. The summed E-state index contributed by atoms with van der Waals surface area (Å²) in [6.07, 6.45) is 2.51. The summed E-state index contributed by atoms with van der Waals surface area (Å²) >= 11 is 0. The molecule has 0 aromatic carbocycles. The molecule has 1 fully saturated rings. The number of hydrogen-bond acceptors (Lipinski definition) is 5. The first-order valence-electron chi connectivity index (χ1n) is 6.03. The van der Waals surface area contributed by atoms with E-state index in [-0.39, 0.29) is 0 Å². The zero-order valence-corrected chi connectivity index (χ0v) is 10.7. The minimum atomic E-state index is 0.571. The van der Waals surface area contributed by atoms with E-state index in [1.807, 2.05) is 13.0 Å². The van der Waals surface area contributed by atoms with Crippen molar-refractivity contribution >= 4 is 5.82 Å². The van der Waals surface area contributed by atoms with Gasteiger partial charge in [0, 0.05) is 25.7 Å². The number of methoxy groups -OCH3 is 1. The van der Waals surface area contributed by atoms with Crippen LogP contribution >= 0.6 is 0 Å². The lowest BCUT2D eigenvalue weighted by Gasteiger charge is -2.22. The Labute approximate surface area is 102 Å². The summed E-state index contributed by atoms with van der Waals surface area (Å²) in [6.45, 7) is 3.98. The van der Waals surface area contributed by atoms with Crippen LogP contribution in [0.2, 0.25) is 0 Å². The average molecular weight is 236 g/mol. The summed E-state index contributed by atoms with van der Waals surface area (Å²) in [6, 6.07) is 2.45. The van der Waals surface area contributed by atoms with E-state index in [1.54, 1.807) is 7.11 Å². The number of nitrogens with one attached hydrogen (secondary N) is 1. The first-order valence-corrected chi connectivity index (χ1v) is 6.03. The minimum Gasteiger partial charge on any atom is -0.481 e. The number of anilines is 1. The predicted octanol–water partition coefficient (Wildman–Crippen LogP) is 0.982. The largest absolute Gasteiger partial charge is 0.481 e. The van der Waals surface area contributed by atoms with Crippen LogP contribution in [-0.4, -0.2) is 43.3 Å². The number of aryl methyl sites for hydroxylation is 1. The Morgan fingerprint density at radius 1 is 1.53 bits per heavy atom. The van der Waals surface area contributed by atoms with Crippen LogP contribution < -0.4 is 15.0 Å². The van der Waals surface area contributed by atoms with Crippen molar-refractivity contribution in [1.82, 2.24) is 15.3 Å². The van der Waals surface area contributed by atoms with E-state index < -0.39 is 0 Å². The van der Waals surface area contributed by atoms with E-state index in [2.05, 4.69) is 27.2 Å². The fourth-order valence-electron chi connectivity index (χ4n) is 2.16. The molecule has 1 aliphatic rings. The van der Waals surface area contributed by atoms with Gasteiger partial charge in [0.15, 0.2) is 0 Å². The van der Waals surface area contributed by atoms with Gasteiger partial charge in [0.2, 0.25) is 5.88 Å². The van der Waals surface area contributed by atoms with Crippen molar-refractivity contribution in [1.29, 1.82) is 0 Å². The van der Waals surface area contributed by atoms with Gasteiger partial charge in [-0.2, -0.15) is 4.98 Å². The van der Waals surface area contributed by atoms with Crippen LogP contribution in [0.15, 0.2) is 6.07 Å². The molecule has 17 heavy (non-hydrogen) atoms. The predicted molar refractivity (Wildman–Crippen MR) is 67.6 cm³/mol. The molecule has 1 N–H and O–H groups in total. The minimum absolute atomic E-state index is 0.571. The monoisotopic (exact) mass is 236 g/mol. The molecule has 1 atom stereocenters. The molecule has 0 bridgehead atoms. The molecule has 1 aromatic rings. The number of likely N-dealkylation sites (N-methyl/N-ethyl adjacent to an activating group) is 1. The first kappa shape index (κ1) is 12.1. The van der Waals surface area contributed by atoms with Gasteiger partial charge in [-0.3, -0.25) is 0 Å². The quantitative estimate of drug-likeness (QED) is 0.844. The molecule has 0 amide bonds. The second-order valence-electron chi connectivity index (χ2n) is 4.49. The van der Waals surface area contributed by atoms with Crippen LogP contribution in [0, 0.1) is 6.92 Å². The summed E-state index contributed by atoms with van der Waals surface area (Å²) in [4.78, 5) is 10.8. The molecule has 1 unspecified atom stereocenters. The molecule has 1 aliphatic heterocycles. The third-order valence-electron chi connectivity index (χ3n) is 3.06. The van der Waals surface area contributed by atoms with Gasteiger partial charge in [-0.15, -0.1) is 0 Å². The van der Waals surface area contributed by atoms with Gasteiger partial charge < -0.3 is 15.0 Å². The number of rotatable bonds is 4. The van der Waals surface area contributed by atoms with E-state index in [0.717, 1.165) is 24.7 Å². The summed E-state index contributed by atoms with van der Waals surface area (Å²) in [5, 5.41) is 3.48. The van der Waals surface area contributed by atoms with E-state index >= 15 is 0 Å². The highest BCUT2D eigenvalue weighted by Crippen LogP contribution is 2.17. The highest BCUT2D eigenvalue weighted by Gasteiger charge is 2.17. The molecular weight excluding hydrogens is 216 g/mol. The second-order valence-corrected chi connectivity index (χ2v) is 4.49. The van der Waals surface area contributed by atoms with Crippen molar-refractivity contribution in [2.24, 2.45) is 0 Å². The third-order valence-corrected chi connectivity index (χ3v) is 3.06. The van der Waals surface area contributed by atoms with Gasteiger partial charge in [-0.25, -0.2) is 4.98 Å². The van der Waals surface area contributed by atoms with Gasteiger partial charge in [-0.05, 0) is 26.3 Å². The normalized spacial score (nSPS) is 19.4. The number of ether oxygens (including phenoxy) is 1. The zero-order valence-electron chi connectivity index (χ0n) is 10.7. The van der Waals surface area contributed by atoms with Crippen LogP contribution in [0.25, 0.3) is 0 Å². The van der Waals surface area contributed by atoms with Crippen LogP contribution in [0.3, 0.4) is 0 Å². The number of hydrogen-bond donors (Lipinski definition) is 1. The fourth-order valence-corrected chi connectivity index (χ4v) is 2.16. The van der Waals surface area contributed by atoms with Crippen molar-refractivity contribution in [2.45, 2.75) is 25.8 Å². The maximum Gasteiger partial charge on any atom is 0.218 e. The maximum absolute atomic E-state index is 5.16. The third kappa shape index (κ3) is 3.06. The molecule has 0 spiro atoms. The van der Waals surface area contributed by atoms with Crippen LogP contribution in [0.4, 0.5) is 5.82 Å². The van der Waals surface area contributed by atoms with Crippen LogP contribution in [0.1, 0.15) is 18.7 Å². The maximum atomic E-state index is 5.16. The smallest absolute Gasteiger partial charge is 0.218 e. The topological polar surface area (TPSA) is 50.3 Å². The lowest BCUT2D eigenvalue weighted by Crippen LogP contribution is -2.35. The fraction of sp³-hybridized carbons (Fsp3) is 0.667. The van der Waals surface area contributed by atoms with Crippen molar-refractivity contribution in [3.63, 3.8) is 0 Å². The van der Waals surface area contributed by atoms with Crippen LogP contribution in [-0.2, 0) is 0 Å². The van der Waals surface area contributed by atoms with Crippen LogP contribution in [0.5, 0.6) is 5.88 Å². The van der Waals surface area contributed by atoms with E-state index in [4.69, 9.17) is 4.74 Å². The Morgan fingerprint density at radius 3 is 3.00 bits per heavy atom. The Kier molecular flexibility index (Phi) is 3.78. The lowest BCUT2D eigenvalue weighted by molar-refractivity contribution is 0.395. The Bertz CT molecular complexity index is 377. The molecule has 0 aliphatic carbocycles. The van der Waals surface area contributed by atoms with Gasteiger partial charge in [0.25, 0.3) is 0 Å². The van der Waals surface area contributed by atoms with E-state index in [9.17, 15) is 0 Å². The second kappa shape index (κ2) is 5.31. The first-order chi connectivity index (χ1) is 8.19. The molecule has 2 heterocycles. The number of aromatic nitrogens is 2. The van der Waals surface area contributed by atoms with Crippen molar-refractivity contribution in [3.8, 4) is 5.88 Å². The summed E-state index contributed by atoms with van der Waals surface area (Å²) in [7, 11) is 3.69.